The smallest absolute Gasteiger partial charge is 0.282 e. The van der Waals surface area contributed by atoms with Crippen molar-refractivity contribution >= 4 is 17.8 Å². The van der Waals surface area contributed by atoms with Gasteiger partial charge in [0.1, 0.15) is 5.56 Å². The van der Waals surface area contributed by atoms with Crippen LogP contribution in [0, 0.1) is 10.1 Å². The number of carbonyl (C=O) groups is 1. The van der Waals surface area contributed by atoms with Gasteiger partial charge in [0.15, 0.2) is 11.5 Å². The Balaban J connectivity index is 2.12. The molecule has 0 fully saturated rings. The zero-order valence-corrected chi connectivity index (χ0v) is 14.5. The van der Waals surface area contributed by atoms with Crippen molar-refractivity contribution in [3.05, 3.63) is 63.7 Å². The minimum absolute atomic E-state index is 0.0589. The van der Waals surface area contributed by atoms with Crippen LogP contribution < -0.4 is 14.9 Å². The van der Waals surface area contributed by atoms with Crippen molar-refractivity contribution in [1.82, 2.24) is 5.43 Å². The number of hydrogen-bond donors (Lipinski definition) is 1. The van der Waals surface area contributed by atoms with Gasteiger partial charge in [-0.15, -0.1) is 0 Å². The minimum Gasteiger partial charge on any atom is -0.490 e. The van der Waals surface area contributed by atoms with Crippen LogP contribution in [-0.2, 0) is 0 Å². The fourth-order valence-corrected chi connectivity index (χ4v) is 2.20. The summed E-state index contributed by atoms with van der Waals surface area (Å²) in [5.74, 6) is 0.531. The van der Waals surface area contributed by atoms with Crippen molar-refractivity contribution in [2.45, 2.75) is 13.8 Å². The monoisotopic (exact) mass is 357 g/mol. The van der Waals surface area contributed by atoms with E-state index in [0.29, 0.717) is 30.3 Å². The van der Waals surface area contributed by atoms with Crippen LogP contribution in [0.25, 0.3) is 0 Å². The molecular weight excluding hydrogens is 338 g/mol. The van der Waals surface area contributed by atoms with Crippen LogP contribution in [0.4, 0.5) is 5.69 Å². The SMILES string of the molecule is CCOc1ccc(/C=N\NC(=O)c2ccccc2[N+](=O)[O-])cc1OCC. The predicted molar refractivity (Wildman–Crippen MR) is 96.9 cm³/mol. The van der Waals surface area contributed by atoms with E-state index in [4.69, 9.17) is 9.47 Å². The van der Waals surface area contributed by atoms with E-state index in [1.165, 1.54) is 24.4 Å². The number of ether oxygens (including phenoxy) is 2. The average Bonchev–Trinajstić information content (AvgIpc) is 2.64. The maximum absolute atomic E-state index is 12.1. The lowest BCUT2D eigenvalue weighted by atomic mass is 10.2. The third-order valence-corrected chi connectivity index (χ3v) is 3.29. The van der Waals surface area contributed by atoms with Crippen LogP contribution in [0.2, 0.25) is 0 Å². The molecule has 0 spiro atoms. The van der Waals surface area contributed by atoms with E-state index in [1.807, 2.05) is 13.8 Å². The van der Waals surface area contributed by atoms with Gasteiger partial charge in [-0.25, -0.2) is 5.43 Å². The lowest BCUT2D eigenvalue weighted by Gasteiger charge is -2.11. The summed E-state index contributed by atoms with van der Waals surface area (Å²) in [6, 6.07) is 10.9. The van der Waals surface area contributed by atoms with E-state index in [-0.39, 0.29) is 11.3 Å². The number of para-hydroxylation sites is 1. The Bertz CT molecular complexity index is 820. The van der Waals surface area contributed by atoms with Crippen LogP contribution in [0.15, 0.2) is 47.6 Å². The van der Waals surface area contributed by atoms with Crippen LogP contribution in [0.5, 0.6) is 11.5 Å². The summed E-state index contributed by atoms with van der Waals surface area (Å²) in [6.45, 7) is 4.74. The topological polar surface area (TPSA) is 103 Å². The number of nitrogens with one attached hydrogen (secondary N) is 1. The first-order valence-corrected chi connectivity index (χ1v) is 8.03. The molecule has 0 radical (unpaired) electrons. The standard InChI is InChI=1S/C18H19N3O5/c1-3-25-16-10-9-13(11-17(16)26-4-2)12-19-20-18(22)14-7-5-6-8-15(14)21(23)24/h5-12H,3-4H2,1-2H3,(H,20,22)/b19-12-. The van der Waals surface area contributed by atoms with Crippen molar-refractivity contribution in [2.24, 2.45) is 5.10 Å². The van der Waals surface area contributed by atoms with E-state index in [9.17, 15) is 14.9 Å². The summed E-state index contributed by atoms with van der Waals surface area (Å²) in [5, 5.41) is 14.8. The maximum Gasteiger partial charge on any atom is 0.282 e. The summed E-state index contributed by atoms with van der Waals surface area (Å²) < 4.78 is 11.0. The number of nitro groups is 1. The fraction of sp³-hybridized carbons (Fsp3) is 0.222. The van der Waals surface area contributed by atoms with E-state index in [1.54, 1.807) is 24.3 Å². The van der Waals surface area contributed by atoms with Crippen LogP contribution in [0.1, 0.15) is 29.8 Å². The molecule has 8 heteroatoms. The second-order valence-electron chi connectivity index (χ2n) is 5.05. The number of hydrazone groups is 1. The third-order valence-electron chi connectivity index (χ3n) is 3.29. The Hall–Kier alpha value is -3.42. The summed E-state index contributed by atoms with van der Waals surface area (Å²) in [5.41, 5.74) is 2.63. The zero-order chi connectivity index (χ0) is 18.9. The van der Waals surface area contributed by atoms with Gasteiger partial charge < -0.3 is 9.47 Å². The van der Waals surface area contributed by atoms with Crippen molar-refractivity contribution in [1.29, 1.82) is 0 Å². The Labute approximate surface area is 150 Å². The lowest BCUT2D eigenvalue weighted by Crippen LogP contribution is -2.18. The van der Waals surface area contributed by atoms with Gasteiger partial charge in [0, 0.05) is 6.07 Å². The molecule has 136 valence electrons. The van der Waals surface area contributed by atoms with Gasteiger partial charge in [-0.1, -0.05) is 12.1 Å². The molecule has 0 heterocycles. The highest BCUT2D eigenvalue weighted by Gasteiger charge is 2.18. The third kappa shape index (κ3) is 4.79. The number of rotatable bonds is 8. The number of amides is 1. The number of nitrogens with zero attached hydrogens (tertiary/aromatic N) is 2. The van der Waals surface area contributed by atoms with Crippen molar-refractivity contribution in [3.63, 3.8) is 0 Å². The molecular formula is C18H19N3O5. The molecule has 0 aromatic heterocycles. The Morgan fingerprint density at radius 2 is 1.85 bits per heavy atom. The normalized spacial score (nSPS) is 10.5. The van der Waals surface area contributed by atoms with Crippen LogP contribution >= 0.6 is 0 Å². The molecule has 0 unspecified atom stereocenters. The van der Waals surface area contributed by atoms with E-state index in [0.717, 1.165) is 0 Å². The summed E-state index contributed by atoms with van der Waals surface area (Å²) in [4.78, 5) is 22.5. The second-order valence-corrected chi connectivity index (χ2v) is 5.05. The van der Waals surface area contributed by atoms with Gasteiger partial charge in [0.05, 0.1) is 24.4 Å². The second kappa shape index (κ2) is 9.16. The molecule has 0 aliphatic heterocycles. The van der Waals surface area contributed by atoms with Gasteiger partial charge in [0.2, 0.25) is 0 Å². The largest absolute Gasteiger partial charge is 0.490 e. The Morgan fingerprint density at radius 1 is 1.15 bits per heavy atom. The van der Waals surface area contributed by atoms with Crippen LogP contribution in [0.3, 0.4) is 0 Å². The molecule has 0 saturated carbocycles. The summed E-state index contributed by atoms with van der Waals surface area (Å²) in [7, 11) is 0. The fourth-order valence-electron chi connectivity index (χ4n) is 2.20. The Morgan fingerprint density at radius 3 is 2.54 bits per heavy atom. The molecule has 0 aliphatic carbocycles. The van der Waals surface area contributed by atoms with Crippen molar-refractivity contribution in [2.75, 3.05) is 13.2 Å². The first-order chi connectivity index (χ1) is 12.6. The summed E-state index contributed by atoms with van der Waals surface area (Å²) in [6.07, 6.45) is 1.42. The van der Waals surface area contributed by atoms with Gasteiger partial charge in [-0.2, -0.15) is 5.10 Å². The van der Waals surface area contributed by atoms with Crippen molar-refractivity contribution < 1.29 is 19.2 Å². The summed E-state index contributed by atoms with van der Waals surface area (Å²) >= 11 is 0. The molecule has 1 amide bonds. The molecule has 26 heavy (non-hydrogen) atoms. The number of hydrogen-bond acceptors (Lipinski definition) is 6. The molecule has 0 atom stereocenters. The van der Waals surface area contributed by atoms with E-state index >= 15 is 0 Å². The number of nitro benzene ring substituents is 1. The van der Waals surface area contributed by atoms with Gasteiger partial charge >= 0.3 is 0 Å². The molecule has 0 aliphatic rings. The molecule has 8 nitrogen and oxygen atoms in total. The molecule has 1 N–H and O–H groups in total. The highest BCUT2D eigenvalue weighted by atomic mass is 16.6. The highest BCUT2D eigenvalue weighted by Crippen LogP contribution is 2.28. The number of carbonyl (C=O) groups excluding carboxylic acids is 1. The molecule has 0 bridgehead atoms. The van der Waals surface area contributed by atoms with Crippen LogP contribution in [-0.4, -0.2) is 30.3 Å². The maximum atomic E-state index is 12.1. The van der Waals surface area contributed by atoms with E-state index < -0.39 is 10.8 Å². The van der Waals surface area contributed by atoms with Gasteiger partial charge in [-0.05, 0) is 43.7 Å². The van der Waals surface area contributed by atoms with Gasteiger partial charge in [0.25, 0.3) is 11.6 Å². The first-order valence-electron chi connectivity index (χ1n) is 8.03. The Kier molecular flexibility index (Phi) is 6.67. The lowest BCUT2D eigenvalue weighted by molar-refractivity contribution is -0.385. The quantitative estimate of drug-likeness (QED) is 0.444. The van der Waals surface area contributed by atoms with Crippen molar-refractivity contribution in [3.8, 4) is 11.5 Å². The highest BCUT2D eigenvalue weighted by molar-refractivity contribution is 5.98. The molecule has 0 saturated heterocycles. The minimum atomic E-state index is -0.662. The zero-order valence-electron chi connectivity index (χ0n) is 14.5. The number of benzene rings is 2. The molecule has 2 aromatic rings. The first kappa shape index (κ1) is 18.9. The molecule has 2 rings (SSSR count). The van der Waals surface area contributed by atoms with Gasteiger partial charge in [-0.3, -0.25) is 14.9 Å². The predicted octanol–water partition coefficient (Wildman–Crippen LogP) is 3.16. The van der Waals surface area contributed by atoms with E-state index in [2.05, 4.69) is 10.5 Å². The average molecular weight is 357 g/mol. The molecule has 2 aromatic carbocycles.